The number of ether oxygens (including phenoxy) is 2. The number of nitriles is 1. The molecule has 1 aliphatic heterocycles. The van der Waals surface area contributed by atoms with Crippen molar-refractivity contribution >= 4 is 18.4 Å². The highest BCUT2D eigenvalue weighted by atomic mass is 16.5. The lowest BCUT2D eigenvalue weighted by molar-refractivity contribution is -0.117. The summed E-state index contributed by atoms with van der Waals surface area (Å²) >= 11 is 0. The van der Waals surface area contributed by atoms with Crippen LogP contribution in [0.1, 0.15) is 30.9 Å². The highest BCUT2D eigenvalue weighted by Crippen LogP contribution is 2.33. The van der Waals surface area contributed by atoms with E-state index in [-0.39, 0.29) is 5.78 Å². The Hall–Kier alpha value is -2.82. The summed E-state index contributed by atoms with van der Waals surface area (Å²) in [5.74, 6) is 1.62. The fraction of sp³-hybridized carbons (Fsp3) is 0.263. The highest BCUT2D eigenvalue weighted by molar-refractivity contribution is 6.61. The number of Topliss-reactive ketones (excluding diaryl/α,β-unsaturated/α-hetero) is 1. The van der Waals surface area contributed by atoms with E-state index in [4.69, 9.17) is 19.4 Å². The van der Waals surface area contributed by atoms with Crippen molar-refractivity contribution in [2.24, 2.45) is 0 Å². The lowest BCUT2D eigenvalue weighted by Gasteiger charge is -2.13. The van der Waals surface area contributed by atoms with Crippen molar-refractivity contribution in [3.05, 3.63) is 47.5 Å². The van der Waals surface area contributed by atoms with Crippen molar-refractivity contribution in [2.75, 3.05) is 6.61 Å². The number of carbonyl (C=O) groups is 1. The molecule has 0 fully saturated rings. The number of benzene rings is 2. The van der Waals surface area contributed by atoms with Crippen LogP contribution in [0.2, 0.25) is 0 Å². The Labute approximate surface area is 152 Å². The number of fused-ring (bicyclic) bond motifs is 1. The normalized spacial score (nSPS) is 12.4. The average Bonchev–Trinajstić information content (AvgIpc) is 3.00. The number of ketones is 1. The SMILES string of the molecule is CC(=O)CCCOc1cc(C#N)ccc1Oc1ccc2c(c1)COB2O. The monoisotopic (exact) mass is 351 g/mol. The van der Waals surface area contributed by atoms with Crippen LogP contribution in [0.3, 0.4) is 0 Å². The first-order valence-corrected chi connectivity index (χ1v) is 8.33. The summed E-state index contributed by atoms with van der Waals surface area (Å²) in [5.41, 5.74) is 2.06. The standard InChI is InChI=1S/C19H18BNO5/c1-13(22)3-2-8-24-19-9-14(11-21)4-7-18(19)26-16-5-6-17-15(10-16)12-25-20(17)23/h4-7,9-10,23H,2-3,8,12H2,1H3. The maximum atomic E-state index is 11.0. The van der Waals surface area contributed by atoms with Gasteiger partial charge >= 0.3 is 7.12 Å². The molecular weight excluding hydrogens is 333 g/mol. The number of carbonyl (C=O) groups excluding carboxylic acids is 1. The zero-order valence-electron chi connectivity index (χ0n) is 14.4. The van der Waals surface area contributed by atoms with Crippen LogP contribution in [0.5, 0.6) is 17.2 Å². The average molecular weight is 351 g/mol. The molecule has 2 aromatic rings. The Bertz CT molecular complexity index is 861. The van der Waals surface area contributed by atoms with E-state index in [1.54, 1.807) is 37.3 Å². The summed E-state index contributed by atoms with van der Waals surface area (Å²) < 4.78 is 16.8. The predicted octanol–water partition coefficient (Wildman–Crippen LogP) is 2.32. The van der Waals surface area contributed by atoms with Gasteiger partial charge in [0.2, 0.25) is 0 Å². The molecule has 26 heavy (non-hydrogen) atoms. The first-order valence-electron chi connectivity index (χ1n) is 8.33. The van der Waals surface area contributed by atoms with E-state index in [0.29, 0.717) is 48.9 Å². The minimum absolute atomic E-state index is 0.110. The second kappa shape index (κ2) is 8.04. The van der Waals surface area contributed by atoms with E-state index >= 15 is 0 Å². The number of hydrogen-bond donors (Lipinski definition) is 1. The fourth-order valence-corrected chi connectivity index (χ4v) is 2.67. The molecular formula is C19H18BNO5. The topological polar surface area (TPSA) is 88.8 Å². The first kappa shape index (κ1) is 18.0. The van der Waals surface area contributed by atoms with E-state index in [9.17, 15) is 9.82 Å². The molecule has 1 N–H and O–H groups in total. The van der Waals surface area contributed by atoms with Gasteiger partial charge in [-0.25, -0.2) is 0 Å². The molecule has 1 aliphatic rings. The predicted molar refractivity (Wildman–Crippen MR) is 95.5 cm³/mol. The summed E-state index contributed by atoms with van der Waals surface area (Å²) in [4.78, 5) is 11.0. The zero-order chi connectivity index (χ0) is 18.5. The minimum atomic E-state index is -0.894. The third-order valence-corrected chi connectivity index (χ3v) is 4.01. The lowest BCUT2D eigenvalue weighted by atomic mass is 9.80. The maximum absolute atomic E-state index is 11.0. The van der Waals surface area contributed by atoms with Crippen molar-refractivity contribution in [3.63, 3.8) is 0 Å². The van der Waals surface area contributed by atoms with Crippen molar-refractivity contribution in [1.82, 2.24) is 0 Å². The van der Waals surface area contributed by atoms with Crippen LogP contribution in [-0.4, -0.2) is 24.5 Å². The molecule has 0 amide bonds. The largest absolute Gasteiger partial charge is 0.491 e. The highest BCUT2D eigenvalue weighted by Gasteiger charge is 2.27. The van der Waals surface area contributed by atoms with Crippen molar-refractivity contribution in [1.29, 1.82) is 5.26 Å². The van der Waals surface area contributed by atoms with Crippen LogP contribution in [0.25, 0.3) is 0 Å². The Balaban J connectivity index is 1.76. The molecule has 7 heteroatoms. The smallest absolute Gasteiger partial charge is 0.490 e. The van der Waals surface area contributed by atoms with Gasteiger partial charge < -0.3 is 23.9 Å². The molecule has 0 spiro atoms. The zero-order valence-corrected chi connectivity index (χ0v) is 14.4. The molecule has 0 unspecified atom stereocenters. The Morgan fingerprint density at radius 3 is 2.92 bits per heavy atom. The van der Waals surface area contributed by atoms with Gasteiger partial charge in [0.05, 0.1) is 24.8 Å². The number of rotatable bonds is 7. The van der Waals surface area contributed by atoms with Gasteiger partial charge in [-0.15, -0.1) is 0 Å². The molecule has 0 saturated carbocycles. The molecule has 132 valence electrons. The van der Waals surface area contributed by atoms with Gasteiger partial charge in [-0.1, -0.05) is 6.07 Å². The van der Waals surface area contributed by atoms with Crippen LogP contribution >= 0.6 is 0 Å². The Kier molecular flexibility index (Phi) is 5.57. The molecule has 0 aliphatic carbocycles. The Morgan fingerprint density at radius 2 is 2.15 bits per heavy atom. The summed E-state index contributed by atoms with van der Waals surface area (Å²) in [6.07, 6.45) is 1.04. The Morgan fingerprint density at radius 1 is 1.31 bits per heavy atom. The molecule has 0 bridgehead atoms. The maximum Gasteiger partial charge on any atom is 0.491 e. The van der Waals surface area contributed by atoms with Crippen LogP contribution in [0.4, 0.5) is 0 Å². The van der Waals surface area contributed by atoms with Crippen LogP contribution < -0.4 is 14.9 Å². The summed E-state index contributed by atoms with van der Waals surface area (Å²) in [6, 6.07) is 12.3. The quantitative estimate of drug-likeness (QED) is 0.608. The van der Waals surface area contributed by atoms with Crippen molar-refractivity contribution < 1.29 is 23.9 Å². The molecule has 6 nitrogen and oxygen atoms in total. The van der Waals surface area contributed by atoms with Gasteiger partial charge in [0, 0.05) is 12.5 Å². The number of nitrogens with zero attached hydrogens (tertiary/aromatic N) is 1. The third kappa shape index (κ3) is 4.23. The van der Waals surface area contributed by atoms with Gasteiger partial charge in [0.25, 0.3) is 0 Å². The lowest BCUT2D eigenvalue weighted by Crippen LogP contribution is -2.27. The third-order valence-electron chi connectivity index (χ3n) is 4.01. The van der Waals surface area contributed by atoms with Crippen LogP contribution in [-0.2, 0) is 16.1 Å². The van der Waals surface area contributed by atoms with Gasteiger partial charge in [-0.2, -0.15) is 5.26 Å². The van der Waals surface area contributed by atoms with E-state index < -0.39 is 7.12 Å². The van der Waals surface area contributed by atoms with E-state index in [1.165, 1.54) is 0 Å². The molecule has 3 rings (SSSR count). The molecule has 2 aromatic carbocycles. The molecule has 1 heterocycles. The number of hydrogen-bond acceptors (Lipinski definition) is 6. The van der Waals surface area contributed by atoms with Crippen molar-refractivity contribution in [2.45, 2.75) is 26.4 Å². The summed E-state index contributed by atoms with van der Waals surface area (Å²) in [6.45, 7) is 2.23. The van der Waals surface area contributed by atoms with Gasteiger partial charge in [0.1, 0.15) is 11.5 Å². The first-order chi connectivity index (χ1) is 12.6. The molecule has 0 saturated heterocycles. The van der Waals surface area contributed by atoms with E-state index in [1.807, 2.05) is 6.07 Å². The fourth-order valence-electron chi connectivity index (χ4n) is 2.67. The van der Waals surface area contributed by atoms with Crippen LogP contribution in [0.15, 0.2) is 36.4 Å². The molecule has 0 atom stereocenters. The van der Waals surface area contributed by atoms with Gasteiger partial charge in [0.15, 0.2) is 11.5 Å². The van der Waals surface area contributed by atoms with Gasteiger partial charge in [-0.05, 0) is 48.6 Å². The second-order valence-corrected chi connectivity index (χ2v) is 6.05. The van der Waals surface area contributed by atoms with E-state index in [2.05, 4.69) is 6.07 Å². The van der Waals surface area contributed by atoms with Crippen LogP contribution in [0, 0.1) is 11.3 Å². The van der Waals surface area contributed by atoms with Gasteiger partial charge in [-0.3, -0.25) is 0 Å². The summed E-state index contributed by atoms with van der Waals surface area (Å²) in [7, 11) is -0.894. The molecule has 0 radical (unpaired) electrons. The summed E-state index contributed by atoms with van der Waals surface area (Å²) in [5, 5.41) is 18.8. The molecule has 0 aromatic heterocycles. The minimum Gasteiger partial charge on any atom is -0.490 e. The van der Waals surface area contributed by atoms with E-state index in [0.717, 1.165) is 11.0 Å². The van der Waals surface area contributed by atoms with Crippen molar-refractivity contribution in [3.8, 4) is 23.3 Å². The second-order valence-electron chi connectivity index (χ2n) is 6.05.